The van der Waals surface area contributed by atoms with Gasteiger partial charge in [0.2, 0.25) is 0 Å². The lowest BCUT2D eigenvalue weighted by Crippen LogP contribution is -2.66. The fourth-order valence-electron chi connectivity index (χ4n) is 3.73. The van der Waals surface area contributed by atoms with Crippen molar-refractivity contribution < 1.29 is 24.2 Å². The first-order chi connectivity index (χ1) is 14.6. The third-order valence-corrected chi connectivity index (χ3v) is 5.56. The van der Waals surface area contributed by atoms with E-state index >= 15 is 0 Å². The summed E-state index contributed by atoms with van der Waals surface area (Å²) in [5, 5.41) is 11.9. The van der Waals surface area contributed by atoms with Crippen molar-refractivity contribution in [2.75, 3.05) is 13.1 Å². The molecule has 0 saturated carbocycles. The van der Waals surface area contributed by atoms with Crippen LogP contribution in [0.3, 0.4) is 0 Å². The smallest absolute Gasteiger partial charge is 0.418 e. The fraction of sp³-hybridized carbons (Fsp3) is 0.520. The molecular weight excluding hydrogens is 408 g/mol. The highest BCUT2D eigenvalue weighted by Crippen LogP contribution is 2.38. The number of aliphatic hydroxyl groups is 1. The van der Waals surface area contributed by atoms with Crippen LogP contribution in [-0.2, 0) is 9.47 Å². The van der Waals surface area contributed by atoms with E-state index < -0.39 is 29.0 Å². The number of carbonyl (C=O) groups is 2. The summed E-state index contributed by atoms with van der Waals surface area (Å²) in [5.41, 5.74) is 0.153. The van der Waals surface area contributed by atoms with E-state index in [4.69, 9.17) is 9.47 Å². The van der Waals surface area contributed by atoms with Crippen LogP contribution in [0.4, 0.5) is 9.59 Å². The number of ether oxygens (including phenoxy) is 2. The molecule has 1 fully saturated rings. The average Bonchev–Trinajstić information content (AvgIpc) is 3.04. The Hall–Kier alpha value is -2.80. The number of β-amino-alcohol motifs (C(OH)–C–C–N with tert-alkyl or cyclic N) is 1. The normalized spacial score (nSPS) is 16.9. The van der Waals surface area contributed by atoms with E-state index in [0.29, 0.717) is 0 Å². The summed E-state index contributed by atoms with van der Waals surface area (Å²) in [6.45, 7) is 17.4. The van der Waals surface area contributed by atoms with Crippen LogP contribution >= 0.6 is 0 Å². The molecule has 7 heteroatoms. The first-order valence-corrected chi connectivity index (χ1v) is 10.8. The Balaban J connectivity index is 1.72. The van der Waals surface area contributed by atoms with Crippen molar-refractivity contribution in [2.45, 2.75) is 65.3 Å². The molecule has 1 amide bonds. The molecule has 1 N–H and O–H groups in total. The molecule has 1 atom stereocenters. The summed E-state index contributed by atoms with van der Waals surface area (Å²) < 4.78 is 12.3. The third kappa shape index (κ3) is 4.99. The molecule has 1 aliphatic rings. The van der Waals surface area contributed by atoms with Crippen molar-refractivity contribution in [3.63, 3.8) is 0 Å². The van der Waals surface area contributed by atoms with Crippen LogP contribution in [0.1, 0.15) is 54.0 Å². The van der Waals surface area contributed by atoms with Gasteiger partial charge >= 0.3 is 12.2 Å². The van der Waals surface area contributed by atoms with E-state index in [0.717, 1.165) is 22.0 Å². The Morgan fingerprint density at radius 1 is 1.03 bits per heavy atom. The summed E-state index contributed by atoms with van der Waals surface area (Å²) in [5.74, 6) is -0.272. The maximum Gasteiger partial charge on any atom is 0.418 e. The zero-order valence-electron chi connectivity index (χ0n) is 20.1. The minimum Gasteiger partial charge on any atom is -0.444 e. The largest absolute Gasteiger partial charge is 0.444 e. The number of rotatable bonds is 3. The van der Waals surface area contributed by atoms with Crippen LogP contribution in [0.25, 0.3) is 16.5 Å². The predicted molar refractivity (Wildman–Crippen MR) is 125 cm³/mol. The number of carbonyl (C=O) groups excluding carboxylic acids is 2. The molecule has 0 radical (unpaired) electrons. The predicted octanol–water partition coefficient (Wildman–Crippen LogP) is 5.06. The number of nitrogens with zero attached hydrogens (tertiary/aromatic N) is 2. The Morgan fingerprint density at radius 2 is 1.59 bits per heavy atom. The average molecular weight is 443 g/mol. The van der Waals surface area contributed by atoms with E-state index in [1.807, 2.05) is 72.7 Å². The Bertz CT molecular complexity index is 1050. The summed E-state index contributed by atoms with van der Waals surface area (Å²) in [6, 6.07) is 7.53. The van der Waals surface area contributed by atoms with Gasteiger partial charge in [-0.15, -0.1) is 0 Å². The van der Waals surface area contributed by atoms with Crippen molar-refractivity contribution in [1.82, 2.24) is 9.47 Å². The van der Waals surface area contributed by atoms with Gasteiger partial charge in [-0.1, -0.05) is 19.6 Å². The van der Waals surface area contributed by atoms with Crippen LogP contribution in [0.15, 0.2) is 37.0 Å². The highest BCUT2D eigenvalue weighted by Gasteiger charge is 2.49. The Morgan fingerprint density at radius 3 is 2.16 bits per heavy atom. The molecule has 174 valence electrons. The van der Waals surface area contributed by atoms with Crippen molar-refractivity contribution in [1.29, 1.82) is 0 Å². The summed E-state index contributed by atoms with van der Waals surface area (Å²) in [4.78, 5) is 26.2. The second-order valence-electron chi connectivity index (χ2n) is 10.6. The third-order valence-electron chi connectivity index (χ3n) is 5.56. The first-order valence-electron chi connectivity index (χ1n) is 10.8. The number of fused-ring (bicyclic) bond motifs is 1. The lowest BCUT2D eigenvalue weighted by Gasteiger charge is -2.50. The SMILES string of the molecule is C=C(c1ccc2c(ccn2C(=O)OC(C)(C)C)c1)[C@@H](C)C1(O)CN(C(=O)OC(C)(C)C)C1. The number of amides is 1. The summed E-state index contributed by atoms with van der Waals surface area (Å²) in [7, 11) is 0. The lowest BCUT2D eigenvalue weighted by atomic mass is 9.76. The van der Waals surface area contributed by atoms with Gasteiger partial charge in [0.05, 0.1) is 18.6 Å². The monoisotopic (exact) mass is 442 g/mol. The number of aromatic nitrogens is 1. The molecular formula is C25H34N2O5. The topological polar surface area (TPSA) is 81.0 Å². The molecule has 2 aromatic rings. The van der Waals surface area contributed by atoms with Crippen LogP contribution in [0.2, 0.25) is 0 Å². The van der Waals surface area contributed by atoms with E-state index in [1.165, 1.54) is 9.47 Å². The van der Waals surface area contributed by atoms with Crippen LogP contribution in [-0.4, -0.2) is 56.7 Å². The van der Waals surface area contributed by atoms with E-state index in [2.05, 4.69) is 6.58 Å². The van der Waals surface area contributed by atoms with Gasteiger partial charge in [0.1, 0.15) is 16.8 Å². The standard InChI is InChI=1S/C25H34N2O5/c1-16(17(2)25(30)14-26(15-25)21(28)31-23(3,4)5)18-9-10-20-19(13-18)11-12-27(20)22(29)32-24(6,7)8/h9-13,17,30H,1,14-15H2,2-8H3/t17-/m1/s1. The van der Waals surface area contributed by atoms with Gasteiger partial charge in [-0.3, -0.25) is 4.57 Å². The second-order valence-corrected chi connectivity index (χ2v) is 10.6. The van der Waals surface area contributed by atoms with E-state index in [9.17, 15) is 14.7 Å². The minimum absolute atomic E-state index is 0.194. The maximum absolute atomic E-state index is 12.5. The highest BCUT2D eigenvalue weighted by molar-refractivity contribution is 5.91. The molecule has 7 nitrogen and oxygen atoms in total. The molecule has 0 spiro atoms. The highest BCUT2D eigenvalue weighted by atomic mass is 16.6. The van der Waals surface area contributed by atoms with E-state index in [1.54, 1.807) is 6.20 Å². The lowest BCUT2D eigenvalue weighted by molar-refractivity contribution is -0.115. The summed E-state index contributed by atoms with van der Waals surface area (Å²) in [6.07, 6.45) is 0.829. The van der Waals surface area contributed by atoms with Gasteiger partial charge < -0.3 is 19.5 Å². The van der Waals surface area contributed by atoms with Gasteiger partial charge in [0.15, 0.2) is 0 Å². The number of likely N-dealkylation sites (tertiary alicyclic amines) is 1. The van der Waals surface area contributed by atoms with Gasteiger partial charge in [0.25, 0.3) is 0 Å². The zero-order valence-corrected chi connectivity index (χ0v) is 20.1. The first kappa shape index (κ1) is 23.9. The molecule has 3 rings (SSSR count). The Labute approximate surface area is 189 Å². The van der Waals surface area contributed by atoms with Crippen LogP contribution in [0, 0.1) is 5.92 Å². The molecule has 0 bridgehead atoms. The molecule has 0 unspecified atom stereocenters. The Kier molecular flexibility index (Phi) is 5.93. The fourth-order valence-corrected chi connectivity index (χ4v) is 3.73. The van der Waals surface area contributed by atoms with Gasteiger partial charge in [-0.2, -0.15) is 0 Å². The minimum atomic E-state index is -1.06. The van der Waals surface area contributed by atoms with Gasteiger partial charge in [0, 0.05) is 17.5 Å². The molecule has 2 heterocycles. The quantitative estimate of drug-likeness (QED) is 0.719. The van der Waals surface area contributed by atoms with Crippen LogP contribution in [0.5, 0.6) is 0 Å². The van der Waals surface area contributed by atoms with Gasteiger partial charge in [-0.25, -0.2) is 9.59 Å². The number of hydrogen-bond acceptors (Lipinski definition) is 5. The van der Waals surface area contributed by atoms with Crippen molar-refractivity contribution in [3.05, 3.63) is 42.6 Å². The molecule has 1 aromatic heterocycles. The van der Waals surface area contributed by atoms with Gasteiger partial charge in [-0.05, 0) is 70.9 Å². The zero-order chi connectivity index (χ0) is 24.1. The van der Waals surface area contributed by atoms with Crippen LogP contribution < -0.4 is 0 Å². The molecule has 1 aliphatic heterocycles. The maximum atomic E-state index is 12.5. The van der Waals surface area contributed by atoms with Crippen molar-refractivity contribution in [3.8, 4) is 0 Å². The number of benzene rings is 1. The molecule has 1 saturated heterocycles. The second kappa shape index (κ2) is 7.96. The molecule has 0 aliphatic carbocycles. The summed E-state index contributed by atoms with van der Waals surface area (Å²) >= 11 is 0. The van der Waals surface area contributed by atoms with Crippen molar-refractivity contribution >= 4 is 28.7 Å². The molecule has 1 aromatic carbocycles. The van der Waals surface area contributed by atoms with Crippen molar-refractivity contribution in [2.24, 2.45) is 5.92 Å². The van der Waals surface area contributed by atoms with E-state index in [-0.39, 0.29) is 19.0 Å². The molecule has 32 heavy (non-hydrogen) atoms. The number of hydrogen-bond donors (Lipinski definition) is 1.